The fourth-order valence-corrected chi connectivity index (χ4v) is 2.81. The van der Waals surface area contributed by atoms with Gasteiger partial charge in [0.1, 0.15) is 11.5 Å². The predicted molar refractivity (Wildman–Crippen MR) is 101 cm³/mol. The Morgan fingerprint density at radius 1 is 1.15 bits per heavy atom. The first-order valence-electron chi connectivity index (χ1n) is 8.34. The van der Waals surface area contributed by atoms with Gasteiger partial charge in [0, 0.05) is 31.7 Å². The summed E-state index contributed by atoms with van der Waals surface area (Å²) in [7, 11) is 3.19. The van der Waals surface area contributed by atoms with Crippen LogP contribution in [0.2, 0.25) is 0 Å². The smallest absolute Gasteiger partial charge is 0.414 e. The van der Waals surface area contributed by atoms with Crippen LogP contribution in [0, 0.1) is 0 Å². The van der Waals surface area contributed by atoms with Crippen molar-refractivity contribution in [2.75, 3.05) is 14.1 Å². The quantitative estimate of drug-likeness (QED) is 0.648. The summed E-state index contributed by atoms with van der Waals surface area (Å²) >= 11 is 0. The van der Waals surface area contributed by atoms with Gasteiger partial charge in [-0.1, -0.05) is 18.2 Å². The lowest BCUT2D eigenvalue weighted by molar-refractivity contribution is 0.101. The van der Waals surface area contributed by atoms with Crippen LogP contribution >= 0.6 is 0 Å². The van der Waals surface area contributed by atoms with Gasteiger partial charge in [0.2, 0.25) is 5.78 Å². The van der Waals surface area contributed by atoms with Crippen molar-refractivity contribution in [3.8, 4) is 11.5 Å². The highest BCUT2D eigenvalue weighted by molar-refractivity contribution is 6.15. The Kier molecular flexibility index (Phi) is 4.08. The number of allylic oxidation sites excluding steroid dienone is 1. The highest BCUT2D eigenvalue weighted by Crippen LogP contribution is 2.35. The monoisotopic (exact) mass is 360 g/mol. The second kappa shape index (κ2) is 6.57. The molecule has 134 valence electrons. The summed E-state index contributed by atoms with van der Waals surface area (Å²) < 4.78 is 11.0. The molecule has 0 N–H and O–H groups in total. The lowest BCUT2D eigenvalue weighted by atomic mass is 10.1. The first-order chi connectivity index (χ1) is 13.0. The molecule has 6 nitrogen and oxygen atoms in total. The Labute approximate surface area is 155 Å². The molecule has 0 aliphatic carbocycles. The number of carbonyl (C=O) groups is 2. The van der Waals surface area contributed by atoms with Crippen molar-refractivity contribution in [2.24, 2.45) is 0 Å². The molecule has 0 saturated heterocycles. The zero-order valence-electron chi connectivity index (χ0n) is 14.8. The average molecular weight is 360 g/mol. The maximum absolute atomic E-state index is 12.7. The van der Waals surface area contributed by atoms with Crippen molar-refractivity contribution >= 4 is 28.9 Å². The molecule has 0 bridgehead atoms. The van der Waals surface area contributed by atoms with Crippen molar-refractivity contribution in [1.82, 2.24) is 9.88 Å². The number of amides is 1. The molecule has 0 atom stereocenters. The van der Waals surface area contributed by atoms with Gasteiger partial charge in [-0.2, -0.15) is 0 Å². The highest BCUT2D eigenvalue weighted by Gasteiger charge is 2.28. The number of ketones is 1. The van der Waals surface area contributed by atoms with E-state index < -0.39 is 6.09 Å². The number of pyridine rings is 1. The van der Waals surface area contributed by atoms with Gasteiger partial charge >= 0.3 is 6.09 Å². The first-order valence-corrected chi connectivity index (χ1v) is 8.34. The minimum absolute atomic E-state index is 0.212. The zero-order chi connectivity index (χ0) is 19.0. The zero-order valence-corrected chi connectivity index (χ0v) is 14.8. The summed E-state index contributed by atoms with van der Waals surface area (Å²) in [6, 6.07) is 14.2. The van der Waals surface area contributed by atoms with Gasteiger partial charge in [-0.15, -0.1) is 0 Å². The minimum Gasteiger partial charge on any atom is -0.452 e. The van der Waals surface area contributed by atoms with Crippen LogP contribution in [0.1, 0.15) is 15.9 Å². The molecule has 2 heterocycles. The lowest BCUT2D eigenvalue weighted by Gasteiger charge is -2.10. The molecule has 0 saturated carbocycles. The molecular weight excluding hydrogens is 344 g/mol. The summed E-state index contributed by atoms with van der Waals surface area (Å²) in [5, 5.41) is 0.931. The molecule has 0 radical (unpaired) electrons. The summed E-state index contributed by atoms with van der Waals surface area (Å²) in [6.07, 6.45) is 2.90. The van der Waals surface area contributed by atoms with Crippen molar-refractivity contribution < 1.29 is 19.1 Å². The second-order valence-electron chi connectivity index (χ2n) is 6.28. The predicted octanol–water partition coefficient (Wildman–Crippen LogP) is 3.91. The van der Waals surface area contributed by atoms with Gasteiger partial charge in [0.05, 0.1) is 11.1 Å². The molecule has 1 aliphatic rings. The van der Waals surface area contributed by atoms with E-state index in [1.165, 1.54) is 4.90 Å². The van der Waals surface area contributed by atoms with Crippen LogP contribution in [0.15, 0.2) is 60.5 Å². The number of nitrogens with zero attached hydrogens (tertiary/aromatic N) is 2. The third kappa shape index (κ3) is 3.13. The Bertz CT molecular complexity index is 1100. The van der Waals surface area contributed by atoms with E-state index in [9.17, 15) is 9.59 Å². The van der Waals surface area contributed by atoms with Gasteiger partial charge in [0.15, 0.2) is 5.76 Å². The third-order valence-electron chi connectivity index (χ3n) is 4.18. The minimum atomic E-state index is -0.502. The topological polar surface area (TPSA) is 68.7 Å². The molecular formula is C21H16N2O4. The van der Waals surface area contributed by atoms with Crippen LogP contribution in [0.5, 0.6) is 11.5 Å². The lowest BCUT2D eigenvalue weighted by Crippen LogP contribution is -2.25. The molecule has 1 aromatic heterocycles. The van der Waals surface area contributed by atoms with Gasteiger partial charge in [-0.3, -0.25) is 9.78 Å². The van der Waals surface area contributed by atoms with Crippen LogP contribution < -0.4 is 9.47 Å². The molecule has 6 heteroatoms. The van der Waals surface area contributed by atoms with E-state index in [0.29, 0.717) is 17.1 Å². The van der Waals surface area contributed by atoms with Crippen LogP contribution in [0.25, 0.3) is 17.0 Å². The van der Waals surface area contributed by atoms with Crippen LogP contribution in [0.4, 0.5) is 4.79 Å². The number of ether oxygens (including phenoxy) is 2. The number of rotatable bonds is 2. The van der Waals surface area contributed by atoms with Crippen molar-refractivity contribution in [2.45, 2.75) is 0 Å². The Balaban J connectivity index is 1.67. The largest absolute Gasteiger partial charge is 0.452 e. The fraction of sp³-hybridized carbons (Fsp3) is 0.0952. The van der Waals surface area contributed by atoms with E-state index in [1.54, 1.807) is 44.6 Å². The summed E-state index contributed by atoms with van der Waals surface area (Å²) in [5.74, 6) is 0.693. The first kappa shape index (κ1) is 16.8. The standard InChI is InChI=1S/C21H16N2O4/c1-23(2)21(25)26-14-7-8-16-18(12-14)27-19(20(16)24)11-13-9-10-22-17-6-4-3-5-15(13)17/h3-12H,1-2H3/b19-11-. The van der Waals surface area contributed by atoms with E-state index >= 15 is 0 Å². The van der Waals surface area contributed by atoms with E-state index in [2.05, 4.69) is 4.98 Å². The molecule has 0 spiro atoms. The molecule has 0 unspecified atom stereocenters. The SMILES string of the molecule is CN(C)C(=O)Oc1ccc2c(c1)O/C(=C\c1ccnc3ccccc13)C2=O. The Morgan fingerprint density at radius 3 is 2.78 bits per heavy atom. The number of hydrogen-bond donors (Lipinski definition) is 0. The van der Waals surface area contributed by atoms with Gasteiger partial charge in [0.25, 0.3) is 0 Å². The number of carbonyl (C=O) groups excluding carboxylic acids is 2. The second-order valence-corrected chi connectivity index (χ2v) is 6.28. The van der Waals surface area contributed by atoms with Crippen molar-refractivity contribution in [3.05, 3.63) is 71.6 Å². The van der Waals surface area contributed by atoms with Gasteiger partial charge in [-0.05, 0) is 35.9 Å². The molecule has 1 amide bonds. The van der Waals surface area contributed by atoms with Gasteiger partial charge in [-0.25, -0.2) is 4.79 Å². The number of fused-ring (bicyclic) bond motifs is 2. The molecule has 0 fully saturated rings. The van der Waals surface area contributed by atoms with E-state index in [1.807, 2.05) is 30.3 Å². The Hall–Kier alpha value is -3.67. The van der Waals surface area contributed by atoms with Crippen LogP contribution in [-0.4, -0.2) is 35.9 Å². The van der Waals surface area contributed by atoms with Crippen molar-refractivity contribution in [3.63, 3.8) is 0 Å². The van der Waals surface area contributed by atoms with E-state index in [-0.39, 0.29) is 11.5 Å². The number of para-hydroxylation sites is 1. The molecule has 27 heavy (non-hydrogen) atoms. The van der Waals surface area contributed by atoms with Crippen molar-refractivity contribution in [1.29, 1.82) is 0 Å². The van der Waals surface area contributed by atoms with Gasteiger partial charge < -0.3 is 14.4 Å². The average Bonchev–Trinajstić information content (AvgIpc) is 2.97. The number of Topliss-reactive ketones (excluding diaryl/α,β-unsaturated/α-hetero) is 1. The number of aromatic nitrogens is 1. The normalized spacial score (nSPS) is 14.1. The maximum Gasteiger partial charge on any atom is 0.414 e. The van der Waals surface area contributed by atoms with Crippen LogP contribution in [-0.2, 0) is 0 Å². The summed E-state index contributed by atoms with van der Waals surface area (Å²) in [4.78, 5) is 30.0. The fourth-order valence-electron chi connectivity index (χ4n) is 2.81. The Morgan fingerprint density at radius 2 is 1.96 bits per heavy atom. The van der Waals surface area contributed by atoms with Crippen LogP contribution in [0.3, 0.4) is 0 Å². The third-order valence-corrected chi connectivity index (χ3v) is 4.18. The molecule has 1 aliphatic heterocycles. The highest BCUT2D eigenvalue weighted by atomic mass is 16.6. The van der Waals surface area contributed by atoms with E-state index in [0.717, 1.165) is 16.5 Å². The maximum atomic E-state index is 12.7. The molecule has 4 rings (SSSR count). The summed E-state index contributed by atoms with van der Waals surface area (Å²) in [6.45, 7) is 0. The summed E-state index contributed by atoms with van der Waals surface area (Å²) in [5.41, 5.74) is 2.12. The number of benzene rings is 2. The van der Waals surface area contributed by atoms with E-state index in [4.69, 9.17) is 9.47 Å². The molecule has 3 aromatic rings. The number of hydrogen-bond acceptors (Lipinski definition) is 5. The molecule has 2 aromatic carbocycles.